The fraction of sp³-hybridized carbons (Fsp3) is 0.231. The highest BCUT2D eigenvalue weighted by atomic mass is 35.5. The number of halogens is 1. The lowest BCUT2D eigenvalue weighted by atomic mass is 10.1. The fourth-order valence-electron chi connectivity index (χ4n) is 3.77. The van der Waals surface area contributed by atoms with E-state index < -0.39 is 0 Å². The molecular formula is C26H29ClN4O. The van der Waals surface area contributed by atoms with Gasteiger partial charge in [-0.15, -0.1) is 5.17 Å². The molecule has 3 aromatic rings. The van der Waals surface area contributed by atoms with Gasteiger partial charge in [0.1, 0.15) is 5.70 Å². The molecule has 0 atom stereocenters. The van der Waals surface area contributed by atoms with Gasteiger partial charge in [-0.3, -0.25) is 5.43 Å². The number of hydrogen-bond acceptors (Lipinski definition) is 5. The molecule has 3 aromatic carbocycles. The number of anilines is 3. The minimum absolute atomic E-state index is 0.644. The molecule has 4 rings (SSSR count). The molecule has 0 amide bonds. The van der Waals surface area contributed by atoms with Crippen molar-refractivity contribution in [3.05, 3.63) is 88.9 Å². The van der Waals surface area contributed by atoms with Crippen molar-refractivity contribution in [3.8, 4) is 0 Å². The Morgan fingerprint density at radius 3 is 2.06 bits per heavy atom. The molecule has 5 nitrogen and oxygen atoms in total. The molecular weight excluding hydrogens is 420 g/mol. The van der Waals surface area contributed by atoms with Crippen LogP contribution in [0, 0.1) is 0 Å². The summed E-state index contributed by atoms with van der Waals surface area (Å²) in [4.78, 5) is 10.7. The van der Waals surface area contributed by atoms with Crippen LogP contribution in [0.3, 0.4) is 0 Å². The Morgan fingerprint density at radius 2 is 1.47 bits per heavy atom. The van der Waals surface area contributed by atoms with Crippen molar-refractivity contribution in [1.82, 2.24) is 5.43 Å². The van der Waals surface area contributed by atoms with Gasteiger partial charge in [-0.25, -0.2) is 0 Å². The first-order chi connectivity index (χ1) is 15.5. The van der Waals surface area contributed by atoms with E-state index in [0.29, 0.717) is 10.8 Å². The number of rotatable bonds is 7. The number of hydrogen-bond donors (Lipinski definition) is 1. The van der Waals surface area contributed by atoms with Gasteiger partial charge in [-0.05, 0) is 62.4 Å². The maximum Gasteiger partial charge on any atom is 0.192 e. The predicted molar refractivity (Wildman–Crippen MR) is 136 cm³/mol. The lowest BCUT2D eigenvalue weighted by Gasteiger charge is -2.23. The van der Waals surface area contributed by atoms with E-state index in [1.807, 2.05) is 38.4 Å². The molecule has 0 saturated heterocycles. The minimum atomic E-state index is 0.644. The normalized spacial score (nSPS) is 13.1. The molecule has 0 unspecified atom stereocenters. The monoisotopic (exact) mass is 448 g/mol. The molecule has 0 fully saturated rings. The van der Waals surface area contributed by atoms with Crippen molar-refractivity contribution in [2.75, 3.05) is 42.2 Å². The third-order valence-corrected chi connectivity index (χ3v) is 5.96. The van der Waals surface area contributed by atoms with E-state index in [1.165, 1.54) is 5.69 Å². The first kappa shape index (κ1) is 21.9. The molecule has 0 bridgehead atoms. The lowest BCUT2D eigenvalue weighted by molar-refractivity contribution is 0.244. The molecule has 1 aliphatic heterocycles. The minimum Gasteiger partial charge on any atom is -0.378 e. The van der Waals surface area contributed by atoms with Crippen LogP contribution in [0.1, 0.15) is 25.0 Å². The molecule has 166 valence electrons. The van der Waals surface area contributed by atoms with E-state index in [0.717, 1.165) is 41.3 Å². The standard InChI is InChI=1S/C26H29ClN4O/c1-5-30(6-2)21-15-17-22(18-16-21)31-28-25(19-11-13-20(14-12-19)29(3)4)26(32-31)23-9-7-8-10-24(23)27/h7-18,28H,5-6H2,1-4H3. The van der Waals surface area contributed by atoms with Crippen molar-refractivity contribution < 1.29 is 4.84 Å². The number of nitrogens with zero attached hydrogens (tertiary/aromatic N) is 3. The van der Waals surface area contributed by atoms with E-state index >= 15 is 0 Å². The van der Waals surface area contributed by atoms with Gasteiger partial charge in [-0.2, -0.15) is 0 Å². The molecule has 0 aromatic heterocycles. The van der Waals surface area contributed by atoms with E-state index in [4.69, 9.17) is 16.4 Å². The Morgan fingerprint density at radius 1 is 0.844 bits per heavy atom. The summed E-state index contributed by atoms with van der Waals surface area (Å²) in [6.07, 6.45) is 0. The smallest absolute Gasteiger partial charge is 0.192 e. The van der Waals surface area contributed by atoms with Crippen LogP contribution < -0.4 is 20.4 Å². The summed E-state index contributed by atoms with van der Waals surface area (Å²) >= 11 is 6.53. The van der Waals surface area contributed by atoms with Crippen LogP contribution in [-0.4, -0.2) is 27.2 Å². The fourth-order valence-corrected chi connectivity index (χ4v) is 3.99. The maximum absolute atomic E-state index is 6.53. The molecule has 6 heteroatoms. The average Bonchev–Trinajstić information content (AvgIpc) is 3.26. The van der Waals surface area contributed by atoms with E-state index in [-0.39, 0.29) is 0 Å². The second-order valence-electron chi connectivity index (χ2n) is 7.81. The van der Waals surface area contributed by atoms with Crippen molar-refractivity contribution in [2.24, 2.45) is 0 Å². The van der Waals surface area contributed by atoms with E-state index in [2.05, 4.69) is 77.6 Å². The highest BCUT2D eigenvalue weighted by Crippen LogP contribution is 2.37. The van der Waals surface area contributed by atoms with Crippen LogP contribution in [0.2, 0.25) is 5.02 Å². The van der Waals surface area contributed by atoms with Crippen molar-refractivity contribution in [3.63, 3.8) is 0 Å². The molecule has 0 spiro atoms. The van der Waals surface area contributed by atoms with Gasteiger partial charge in [0.15, 0.2) is 5.76 Å². The Labute approximate surface area is 195 Å². The van der Waals surface area contributed by atoms with Gasteiger partial charge >= 0.3 is 0 Å². The first-order valence-corrected chi connectivity index (χ1v) is 11.3. The SMILES string of the molecule is CCN(CC)c1ccc(N2NC(c3ccc(N(C)C)cc3)=C(c3ccccc3Cl)O2)cc1. The zero-order chi connectivity index (χ0) is 22.7. The first-order valence-electron chi connectivity index (χ1n) is 10.9. The van der Waals surface area contributed by atoms with Gasteiger partial charge < -0.3 is 14.6 Å². The van der Waals surface area contributed by atoms with Crippen molar-refractivity contribution in [1.29, 1.82) is 0 Å². The Bertz CT molecular complexity index is 1090. The summed E-state index contributed by atoms with van der Waals surface area (Å²) in [6.45, 7) is 6.27. The van der Waals surface area contributed by atoms with Crippen LogP contribution in [0.4, 0.5) is 17.1 Å². The molecule has 32 heavy (non-hydrogen) atoms. The van der Waals surface area contributed by atoms with Crippen LogP contribution in [0.5, 0.6) is 0 Å². The van der Waals surface area contributed by atoms with Crippen LogP contribution >= 0.6 is 11.6 Å². The molecule has 0 radical (unpaired) electrons. The molecule has 1 N–H and O–H groups in total. The summed E-state index contributed by atoms with van der Waals surface area (Å²) in [5.74, 6) is 0.695. The average molecular weight is 449 g/mol. The molecule has 0 saturated carbocycles. The number of benzene rings is 3. The maximum atomic E-state index is 6.53. The largest absolute Gasteiger partial charge is 0.378 e. The van der Waals surface area contributed by atoms with Crippen LogP contribution in [-0.2, 0) is 4.84 Å². The third kappa shape index (κ3) is 4.34. The lowest BCUT2D eigenvalue weighted by Crippen LogP contribution is -2.30. The van der Waals surface area contributed by atoms with Crippen LogP contribution in [0.15, 0.2) is 72.8 Å². The van der Waals surface area contributed by atoms with Crippen molar-refractivity contribution in [2.45, 2.75) is 13.8 Å². The van der Waals surface area contributed by atoms with Gasteiger partial charge in [-0.1, -0.05) is 35.9 Å². The Kier molecular flexibility index (Phi) is 6.47. The van der Waals surface area contributed by atoms with Gasteiger partial charge in [0.2, 0.25) is 0 Å². The summed E-state index contributed by atoms with van der Waals surface area (Å²) in [5.41, 5.74) is 9.40. The number of nitrogens with one attached hydrogen (secondary N) is 1. The van der Waals surface area contributed by atoms with Gasteiger partial charge in [0.25, 0.3) is 0 Å². The zero-order valence-corrected chi connectivity index (χ0v) is 19.7. The van der Waals surface area contributed by atoms with Crippen LogP contribution in [0.25, 0.3) is 11.5 Å². The topological polar surface area (TPSA) is 31.0 Å². The highest BCUT2D eigenvalue weighted by Gasteiger charge is 2.28. The summed E-state index contributed by atoms with van der Waals surface area (Å²) < 4.78 is 0. The van der Waals surface area contributed by atoms with Gasteiger partial charge in [0, 0.05) is 49.7 Å². The summed E-state index contributed by atoms with van der Waals surface area (Å²) in [6, 6.07) is 24.4. The van der Waals surface area contributed by atoms with E-state index in [1.54, 1.807) is 5.17 Å². The van der Waals surface area contributed by atoms with Gasteiger partial charge in [0.05, 0.1) is 10.7 Å². The summed E-state index contributed by atoms with van der Waals surface area (Å²) in [7, 11) is 4.06. The molecule has 1 aliphatic rings. The Balaban J connectivity index is 1.68. The zero-order valence-electron chi connectivity index (χ0n) is 19.0. The highest BCUT2D eigenvalue weighted by molar-refractivity contribution is 6.32. The predicted octanol–water partition coefficient (Wildman–Crippen LogP) is 6.03. The summed E-state index contributed by atoms with van der Waals surface area (Å²) in [5, 5.41) is 2.34. The molecule has 1 heterocycles. The Hall–Kier alpha value is -3.31. The van der Waals surface area contributed by atoms with E-state index in [9.17, 15) is 0 Å². The van der Waals surface area contributed by atoms with Crippen molar-refractivity contribution >= 4 is 40.1 Å². The quantitative estimate of drug-likeness (QED) is 0.476. The molecule has 0 aliphatic carbocycles. The second-order valence-corrected chi connectivity index (χ2v) is 8.22. The second kappa shape index (κ2) is 9.45. The third-order valence-electron chi connectivity index (χ3n) is 5.63. The number of hydrazine groups is 1.